The summed E-state index contributed by atoms with van der Waals surface area (Å²) in [6.07, 6.45) is 0. The van der Waals surface area contributed by atoms with Crippen LogP contribution in [0, 0.1) is 6.92 Å². The van der Waals surface area contributed by atoms with Gasteiger partial charge in [0.1, 0.15) is 5.75 Å². The number of alkyl halides is 2. The maximum absolute atomic E-state index is 12.6. The van der Waals surface area contributed by atoms with E-state index >= 15 is 0 Å². The third-order valence-electron chi connectivity index (χ3n) is 4.72. The number of hydrogen-bond donors (Lipinski definition) is 2. The van der Waals surface area contributed by atoms with Gasteiger partial charge in [0.15, 0.2) is 5.96 Å². The molecule has 0 aromatic heterocycles. The second kappa shape index (κ2) is 13.6. The highest BCUT2D eigenvalue weighted by atomic mass is 127. The number of nitrogens with zero attached hydrogens (tertiary/aromatic N) is 3. The van der Waals surface area contributed by atoms with Crippen LogP contribution in [0.5, 0.6) is 5.75 Å². The van der Waals surface area contributed by atoms with Crippen molar-refractivity contribution in [3.63, 3.8) is 0 Å². The molecule has 1 aliphatic heterocycles. The molecule has 0 atom stereocenters. The topological polar surface area (TPSA) is 69.2 Å². The quantitative estimate of drug-likeness (QED) is 0.302. The minimum atomic E-state index is -2.87. The molecule has 30 heavy (non-hydrogen) atoms. The van der Waals surface area contributed by atoms with Crippen molar-refractivity contribution in [2.75, 3.05) is 45.8 Å². The normalized spacial score (nSPS) is 15.0. The average molecular weight is 539 g/mol. The molecule has 1 aromatic carbocycles. The van der Waals surface area contributed by atoms with Crippen molar-refractivity contribution in [1.82, 2.24) is 20.4 Å². The highest BCUT2D eigenvalue weighted by Crippen LogP contribution is 2.22. The Morgan fingerprint density at radius 1 is 1.23 bits per heavy atom. The van der Waals surface area contributed by atoms with Gasteiger partial charge in [0.2, 0.25) is 5.91 Å². The van der Waals surface area contributed by atoms with Crippen molar-refractivity contribution in [2.45, 2.75) is 33.9 Å². The molecule has 2 N–H and O–H groups in total. The van der Waals surface area contributed by atoms with Crippen LogP contribution in [-0.4, -0.2) is 74.1 Å². The lowest BCUT2D eigenvalue weighted by Crippen LogP contribution is -2.50. The first kappa shape index (κ1) is 26.3. The molecule has 0 spiro atoms. The van der Waals surface area contributed by atoms with Gasteiger partial charge in [-0.2, -0.15) is 8.78 Å². The maximum Gasteiger partial charge on any atom is 0.387 e. The SMILES string of the molecule is CCNC(=NCc1cc(C)ccc1OC(F)F)NCCN1CCN(C(C)=O)CC1.I. The maximum atomic E-state index is 12.6. The number of rotatable bonds is 8. The van der Waals surface area contributed by atoms with E-state index in [9.17, 15) is 13.6 Å². The zero-order valence-corrected chi connectivity index (χ0v) is 20.1. The molecular formula is C20H32F2IN5O2. The second-order valence-corrected chi connectivity index (χ2v) is 6.96. The molecule has 170 valence electrons. The number of hydrogen-bond acceptors (Lipinski definition) is 4. The Hall–Kier alpha value is -1.69. The van der Waals surface area contributed by atoms with E-state index in [1.54, 1.807) is 25.1 Å². The van der Waals surface area contributed by atoms with Crippen LogP contribution in [0.3, 0.4) is 0 Å². The Labute approximate surface area is 194 Å². The van der Waals surface area contributed by atoms with E-state index in [0.29, 0.717) is 24.6 Å². The molecule has 1 fully saturated rings. The van der Waals surface area contributed by atoms with Crippen molar-refractivity contribution in [3.8, 4) is 5.75 Å². The summed E-state index contributed by atoms with van der Waals surface area (Å²) in [5, 5.41) is 6.44. The molecule has 1 aliphatic rings. The van der Waals surface area contributed by atoms with Crippen LogP contribution in [0.25, 0.3) is 0 Å². The Kier molecular flexibility index (Phi) is 11.9. The third-order valence-corrected chi connectivity index (χ3v) is 4.72. The molecule has 1 amide bonds. The van der Waals surface area contributed by atoms with Gasteiger partial charge in [-0.3, -0.25) is 9.69 Å². The number of guanidine groups is 1. The highest BCUT2D eigenvalue weighted by molar-refractivity contribution is 14.0. The number of amides is 1. The fourth-order valence-corrected chi connectivity index (χ4v) is 3.17. The molecule has 1 saturated heterocycles. The first-order chi connectivity index (χ1) is 13.9. The first-order valence-electron chi connectivity index (χ1n) is 9.93. The highest BCUT2D eigenvalue weighted by Gasteiger charge is 2.18. The molecular weight excluding hydrogens is 507 g/mol. The van der Waals surface area contributed by atoms with E-state index < -0.39 is 6.61 Å². The number of halogens is 3. The van der Waals surface area contributed by atoms with Crippen molar-refractivity contribution in [2.24, 2.45) is 4.99 Å². The van der Waals surface area contributed by atoms with Gasteiger partial charge in [-0.25, -0.2) is 4.99 Å². The summed E-state index contributed by atoms with van der Waals surface area (Å²) in [5.74, 6) is 0.892. The molecule has 0 bridgehead atoms. The Bertz CT molecular complexity index is 698. The molecule has 10 heteroatoms. The van der Waals surface area contributed by atoms with Crippen molar-refractivity contribution >= 4 is 35.8 Å². The Morgan fingerprint density at radius 2 is 1.93 bits per heavy atom. The minimum absolute atomic E-state index is 0. The molecule has 0 aliphatic carbocycles. The molecule has 2 rings (SSSR count). The van der Waals surface area contributed by atoms with E-state index in [4.69, 9.17) is 0 Å². The lowest BCUT2D eigenvalue weighted by molar-refractivity contribution is -0.130. The van der Waals surface area contributed by atoms with Crippen LogP contribution >= 0.6 is 24.0 Å². The summed E-state index contributed by atoms with van der Waals surface area (Å²) in [4.78, 5) is 20.1. The molecule has 1 aromatic rings. The van der Waals surface area contributed by atoms with Gasteiger partial charge in [0, 0.05) is 58.3 Å². The number of carbonyl (C=O) groups is 1. The minimum Gasteiger partial charge on any atom is -0.434 e. The first-order valence-corrected chi connectivity index (χ1v) is 9.93. The van der Waals surface area contributed by atoms with Gasteiger partial charge in [0.25, 0.3) is 0 Å². The predicted molar refractivity (Wildman–Crippen MR) is 125 cm³/mol. The van der Waals surface area contributed by atoms with Crippen LogP contribution in [0.15, 0.2) is 23.2 Å². The van der Waals surface area contributed by atoms with Crippen molar-refractivity contribution in [1.29, 1.82) is 0 Å². The number of benzene rings is 1. The summed E-state index contributed by atoms with van der Waals surface area (Å²) in [6, 6.07) is 5.09. The van der Waals surface area contributed by atoms with E-state index in [1.165, 1.54) is 0 Å². The van der Waals surface area contributed by atoms with Crippen LogP contribution < -0.4 is 15.4 Å². The smallest absolute Gasteiger partial charge is 0.387 e. The standard InChI is InChI=1S/C20H31F2N5O2.HI/c1-4-23-20(24-7-8-26-9-11-27(12-10-26)16(3)28)25-14-17-13-15(2)5-6-18(17)29-19(21)22;/h5-6,13,19H,4,7-12,14H2,1-3H3,(H2,23,24,25);1H. The molecule has 0 unspecified atom stereocenters. The van der Waals surface area contributed by atoms with Crippen molar-refractivity contribution in [3.05, 3.63) is 29.3 Å². The lowest BCUT2D eigenvalue weighted by atomic mass is 10.1. The van der Waals surface area contributed by atoms with E-state index in [-0.39, 0.29) is 42.2 Å². The lowest BCUT2D eigenvalue weighted by Gasteiger charge is -2.34. The summed E-state index contributed by atoms with van der Waals surface area (Å²) >= 11 is 0. The van der Waals surface area contributed by atoms with Crippen LogP contribution in [-0.2, 0) is 11.3 Å². The predicted octanol–water partition coefficient (Wildman–Crippen LogP) is 2.43. The van der Waals surface area contributed by atoms with Gasteiger partial charge in [0.05, 0.1) is 6.54 Å². The van der Waals surface area contributed by atoms with E-state index in [1.807, 2.05) is 18.7 Å². The third kappa shape index (κ3) is 8.99. The van der Waals surface area contributed by atoms with Gasteiger partial charge < -0.3 is 20.3 Å². The van der Waals surface area contributed by atoms with Gasteiger partial charge in [-0.05, 0) is 19.9 Å². The second-order valence-electron chi connectivity index (χ2n) is 6.96. The van der Waals surface area contributed by atoms with Crippen LogP contribution in [0.1, 0.15) is 25.0 Å². The number of nitrogens with one attached hydrogen (secondary N) is 2. The fraction of sp³-hybridized carbons (Fsp3) is 0.600. The molecule has 0 saturated carbocycles. The Balaban J connectivity index is 0.00000450. The average Bonchev–Trinajstić information content (AvgIpc) is 2.68. The van der Waals surface area contributed by atoms with E-state index in [0.717, 1.165) is 38.3 Å². The summed E-state index contributed by atoms with van der Waals surface area (Å²) in [6.45, 7) is 8.27. The Morgan fingerprint density at radius 3 is 2.53 bits per heavy atom. The number of aliphatic imine (C=N–C) groups is 1. The van der Waals surface area contributed by atoms with E-state index in [2.05, 4.69) is 25.3 Å². The van der Waals surface area contributed by atoms with Crippen molar-refractivity contribution < 1.29 is 18.3 Å². The largest absolute Gasteiger partial charge is 0.434 e. The van der Waals surface area contributed by atoms with Crippen LogP contribution in [0.4, 0.5) is 8.78 Å². The monoisotopic (exact) mass is 539 g/mol. The number of aryl methyl sites for hydroxylation is 1. The summed E-state index contributed by atoms with van der Waals surface area (Å²) in [7, 11) is 0. The van der Waals surface area contributed by atoms with Gasteiger partial charge in [-0.1, -0.05) is 17.7 Å². The molecule has 0 radical (unpaired) electrons. The fourth-order valence-electron chi connectivity index (χ4n) is 3.17. The summed E-state index contributed by atoms with van der Waals surface area (Å²) < 4.78 is 29.8. The van der Waals surface area contributed by atoms with Gasteiger partial charge >= 0.3 is 6.61 Å². The van der Waals surface area contributed by atoms with Gasteiger partial charge in [-0.15, -0.1) is 24.0 Å². The zero-order valence-electron chi connectivity index (χ0n) is 17.8. The number of piperazine rings is 1. The molecule has 7 nitrogen and oxygen atoms in total. The number of carbonyl (C=O) groups excluding carboxylic acids is 1. The van der Waals surface area contributed by atoms with Crippen LogP contribution in [0.2, 0.25) is 0 Å². The number of ether oxygens (including phenoxy) is 1. The zero-order chi connectivity index (χ0) is 21.2. The molecule has 1 heterocycles. The summed E-state index contributed by atoms with van der Waals surface area (Å²) in [5.41, 5.74) is 1.57.